The van der Waals surface area contributed by atoms with Gasteiger partial charge in [0.1, 0.15) is 0 Å². The van der Waals surface area contributed by atoms with Crippen LogP contribution in [-0.2, 0) is 0 Å². The van der Waals surface area contributed by atoms with Gasteiger partial charge in [0.15, 0.2) is 0 Å². The van der Waals surface area contributed by atoms with Gasteiger partial charge in [-0.2, -0.15) is 0 Å². The van der Waals surface area contributed by atoms with Gasteiger partial charge in [0.05, 0.1) is 0 Å². The Bertz CT molecular complexity index is 270. The van der Waals surface area contributed by atoms with Crippen LogP contribution >= 0.6 is 0 Å². The lowest BCUT2D eigenvalue weighted by atomic mass is 9.86. The molecule has 98 valence electrons. The molecule has 4 nitrogen and oxygen atoms in total. The number of hydrogen-bond acceptors (Lipinski definition) is 2. The van der Waals surface area contributed by atoms with E-state index in [2.05, 4.69) is 12.2 Å². The van der Waals surface area contributed by atoms with Crippen molar-refractivity contribution < 1.29 is 9.90 Å². The van der Waals surface area contributed by atoms with Gasteiger partial charge in [0.25, 0.3) is 0 Å². The van der Waals surface area contributed by atoms with Gasteiger partial charge >= 0.3 is 6.03 Å². The van der Waals surface area contributed by atoms with Crippen LogP contribution in [0, 0.1) is 11.8 Å². The van der Waals surface area contributed by atoms with Crippen LogP contribution in [0.1, 0.15) is 39.0 Å². The van der Waals surface area contributed by atoms with E-state index in [0.717, 1.165) is 19.4 Å². The maximum atomic E-state index is 12.1. The van der Waals surface area contributed by atoms with Crippen LogP contribution < -0.4 is 5.32 Å². The Kier molecular flexibility index (Phi) is 4.26. The molecule has 0 aromatic rings. The van der Waals surface area contributed by atoms with Crippen molar-refractivity contribution in [3.63, 3.8) is 0 Å². The average molecular weight is 240 g/mol. The topological polar surface area (TPSA) is 52.6 Å². The number of aliphatic hydroxyl groups is 1. The average Bonchev–Trinajstić information content (AvgIpc) is 2.81. The van der Waals surface area contributed by atoms with Crippen molar-refractivity contribution in [1.29, 1.82) is 0 Å². The molecule has 0 bridgehead atoms. The van der Waals surface area contributed by atoms with Crippen LogP contribution in [-0.4, -0.2) is 41.8 Å². The maximum absolute atomic E-state index is 12.1. The number of rotatable bonds is 2. The van der Waals surface area contributed by atoms with Gasteiger partial charge in [0, 0.05) is 31.7 Å². The Morgan fingerprint density at radius 3 is 2.76 bits per heavy atom. The minimum atomic E-state index is 0.0692. The molecule has 0 spiro atoms. The molecule has 1 saturated carbocycles. The fourth-order valence-corrected chi connectivity index (χ4v) is 2.95. The molecule has 4 heteroatoms. The summed E-state index contributed by atoms with van der Waals surface area (Å²) in [6.07, 6.45) is 5.80. The van der Waals surface area contributed by atoms with Gasteiger partial charge in [-0.25, -0.2) is 4.79 Å². The molecule has 2 amide bonds. The summed E-state index contributed by atoms with van der Waals surface area (Å²) < 4.78 is 0. The fourth-order valence-electron chi connectivity index (χ4n) is 2.95. The van der Waals surface area contributed by atoms with Crippen molar-refractivity contribution in [2.45, 2.75) is 45.1 Å². The summed E-state index contributed by atoms with van der Waals surface area (Å²) >= 11 is 0. The Morgan fingerprint density at radius 2 is 2.12 bits per heavy atom. The molecule has 2 aliphatic rings. The molecule has 2 fully saturated rings. The number of carbonyl (C=O) groups excluding carboxylic acids is 1. The third-order valence-corrected chi connectivity index (χ3v) is 4.25. The van der Waals surface area contributed by atoms with Crippen LogP contribution in [0.15, 0.2) is 0 Å². The highest BCUT2D eigenvalue weighted by Gasteiger charge is 2.29. The molecule has 2 N–H and O–H groups in total. The Morgan fingerprint density at radius 1 is 1.35 bits per heavy atom. The van der Waals surface area contributed by atoms with Crippen LogP contribution in [0.2, 0.25) is 0 Å². The van der Waals surface area contributed by atoms with E-state index in [0.29, 0.717) is 18.5 Å². The lowest BCUT2D eigenvalue weighted by Gasteiger charge is -2.31. The number of likely N-dealkylation sites (tertiary alicyclic amines) is 1. The number of aliphatic hydroxyl groups excluding tert-OH is 1. The first-order valence-electron chi connectivity index (χ1n) is 6.87. The Balaban J connectivity index is 1.80. The summed E-state index contributed by atoms with van der Waals surface area (Å²) in [6.45, 7) is 3.93. The van der Waals surface area contributed by atoms with Crippen molar-refractivity contribution >= 4 is 6.03 Å². The summed E-state index contributed by atoms with van der Waals surface area (Å²) in [4.78, 5) is 13.9. The second-order valence-corrected chi connectivity index (χ2v) is 5.60. The number of nitrogens with zero attached hydrogens (tertiary/aromatic N) is 1. The molecule has 3 atom stereocenters. The second kappa shape index (κ2) is 5.71. The molecule has 2 rings (SSSR count). The lowest BCUT2D eigenvalue weighted by molar-refractivity contribution is 0.185. The predicted molar refractivity (Wildman–Crippen MR) is 66.7 cm³/mol. The van der Waals surface area contributed by atoms with Crippen LogP contribution in [0.3, 0.4) is 0 Å². The minimum absolute atomic E-state index is 0.0692. The molecule has 17 heavy (non-hydrogen) atoms. The SMILES string of the molecule is CC1CCCCC1NC(=O)N1CCC(CO)C1. The molecule has 3 unspecified atom stereocenters. The van der Waals surface area contributed by atoms with E-state index in [1.54, 1.807) is 0 Å². The molecular formula is C13H24N2O2. The zero-order valence-electron chi connectivity index (χ0n) is 10.7. The molecule has 1 saturated heterocycles. The van der Waals surface area contributed by atoms with E-state index in [1.807, 2.05) is 4.90 Å². The number of hydrogen-bond donors (Lipinski definition) is 2. The van der Waals surface area contributed by atoms with Gasteiger partial charge in [-0.1, -0.05) is 19.8 Å². The van der Waals surface area contributed by atoms with Gasteiger partial charge in [0.2, 0.25) is 0 Å². The second-order valence-electron chi connectivity index (χ2n) is 5.60. The van der Waals surface area contributed by atoms with Crippen LogP contribution in [0.25, 0.3) is 0 Å². The largest absolute Gasteiger partial charge is 0.396 e. The first-order valence-corrected chi connectivity index (χ1v) is 6.87. The zero-order chi connectivity index (χ0) is 12.3. The highest BCUT2D eigenvalue weighted by molar-refractivity contribution is 5.74. The lowest BCUT2D eigenvalue weighted by Crippen LogP contribution is -2.47. The number of nitrogens with one attached hydrogen (secondary N) is 1. The Labute approximate surface area is 103 Å². The number of carbonyl (C=O) groups is 1. The van der Waals surface area contributed by atoms with E-state index in [-0.39, 0.29) is 18.6 Å². The van der Waals surface area contributed by atoms with E-state index < -0.39 is 0 Å². The molecule has 0 aromatic heterocycles. The van der Waals surface area contributed by atoms with E-state index in [9.17, 15) is 4.79 Å². The molecule has 1 aliphatic heterocycles. The van der Waals surface area contributed by atoms with Crippen LogP contribution in [0.5, 0.6) is 0 Å². The normalized spacial score (nSPS) is 33.8. The van der Waals surface area contributed by atoms with Crippen LogP contribution in [0.4, 0.5) is 4.79 Å². The standard InChI is InChI=1S/C13H24N2O2/c1-10-4-2-3-5-12(10)14-13(17)15-7-6-11(8-15)9-16/h10-12,16H,2-9H2,1H3,(H,14,17). The van der Waals surface area contributed by atoms with E-state index in [4.69, 9.17) is 5.11 Å². The molecular weight excluding hydrogens is 216 g/mol. The fraction of sp³-hybridized carbons (Fsp3) is 0.923. The third-order valence-electron chi connectivity index (χ3n) is 4.25. The zero-order valence-corrected chi connectivity index (χ0v) is 10.7. The predicted octanol–water partition coefficient (Wildman–Crippen LogP) is 1.59. The first-order chi connectivity index (χ1) is 8.20. The summed E-state index contributed by atoms with van der Waals surface area (Å²) in [5.74, 6) is 0.883. The third kappa shape index (κ3) is 3.12. The highest BCUT2D eigenvalue weighted by Crippen LogP contribution is 2.24. The first kappa shape index (κ1) is 12.7. The maximum Gasteiger partial charge on any atom is 0.317 e. The highest BCUT2D eigenvalue weighted by atomic mass is 16.3. The van der Waals surface area contributed by atoms with Gasteiger partial charge in [-0.15, -0.1) is 0 Å². The van der Waals surface area contributed by atoms with Crippen molar-refractivity contribution in [1.82, 2.24) is 10.2 Å². The molecule has 1 heterocycles. The van der Waals surface area contributed by atoms with E-state index in [1.165, 1.54) is 19.3 Å². The summed E-state index contributed by atoms with van der Waals surface area (Å²) in [7, 11) is 0. The molecule has 0 aromatic carbocycles. The number of amides is 2. The molecule has 0 radical (unpaired) electrons. The summed E-state index contributed by atoms with van der Waals surface area (Å²) in [5, 5.41) is 12.2. The number of urea groups is 1. The van der Waals surface area contributed by atoms with Gasteiger partial charge in [-0.05, 0) is 25.2 Å². The van der Waals surface area contributed by atoms with Crippen molar-refractivity contribution in [3.05, 3.63) is 0 Å². The Hall–Kier alpha value is -0.770. The monoisotopic (exact) mass is 240 g/mol. The van der Waals surface area contributed by atoms with Gasteiger partial charge in [-0.3, -0.25) is 0 Å². The quantitative estimate of drug-likeness (QED) is 0.770. The summed E-state index contributed by atoms with van der Waals surface area (Å²) in [5.41, 5.74) is 0. The van der Waals surface area contributed by atoms with Crippen molar-refractivity contribution in [2.24, 2.45) is 11.8 Å². The van der Waals surface area contributed by atoms with Gasteiger partial charge < -0.3 is 15.3 Å². The molecule has 1 aliphatic carbocycles. The van der Waals surface area contributed by atoms with E-state index >= 15 is 0 Å². The van der Waals surface area contributed by atoms with Crippen molar-refractivity contribution in [3.8, 4) is 0 Å². The smallest absolute Gasteiger partial charge is 0.317 e. The minimum Gasteiger partial charge on any atom is -0.396 e. The van der Waals surface area contributed by atoms with Crippen molar-refractivity contribution in [2.75, 3.05) is 19.7 Å². The summed E-state index contributed by atoms with van der Waals surface area (Å²) in [6, 6.07) is 0.420.